The first-order valence-corrected chi connectivity index (χ1v) is 17.0. The van der Waals surface area contributed by atoms with Crippen LogP contribution in [-0.2, 0) is 19.2 Å². The standard InChI is InChI=1S/C38H44N6O4/c1-25-5-7-27(3)31(21-25)39-13-17-41(18-14-39)33-23-35(45)43(37(33)47)29-9-11-30(12-10-29)44-36(46)24-34(38(44)48)42-19-15-40(16-20-42)32-22-26(2)6-8-28(32)4/h5-12,21-22,33-34H,13-20,23-24H2,1-4H3/t33-,34+. The van der Waals surface area contributed by atoms with E-state index in [-0.39, 0.29) is 36.5 Å². The van der Waals surface area contributed by atoms with Crippen LogP contribution in [0, 0.1) is 27.7 Å². The maximum Gasteiger partial charge on any atom is 0.251 e. The molecule has 7 rings (SSSR count). The third-order valence-corrected chi connectivity index (χ3v) is 10.5. The van der Waals surface area contributed by atoms with E-state index in [0.717, 1.165) is 26.2 Å². The molecule has 4 fully saturated rings. The van der Waals surface area contributed by atoms with Crippen LogP contribution in [0.4, 0.5) is 22.7 Å². The molecular weight excluding hydrogens is 604 g/mol. The van der Waals surface area contributed by atoms with E-state index in [1.165, 1.54) is 43.4 Å². The van der Waals surface area contributed by atoms with Crippen molar-refractivity contribution in [2.24, 2.45) is 0 Å². The number of carbonyl (C=O) groups excluding carboxylic acids is 4. The third-order valence-electron chi connectivity index (χ3n) is 10.5. The van der Waals surface area contributed by atoms with E-state index >= 15 is 0 Å². The van der Waals surface area contributed by atoms with Crippen LogP contribution in [0.2, 0.25) is 0 Å². The number of aryl methyl sites for hydroxylation is 4. The van der Waals surface area contributed by atoms with E-state index in [1.807, 2.05) is 0 Å². The summed E-state index contributed by atoms with van der Waals surface area (Å²) >= 11 is 0. The van der Waals surface area contributed by atoms with Gasteiger partial charge in [0.15, 0.2) is 0 Å². The fraction of sp³-hybridized carbons (Fsp3) is 0.421. The van der Waals surface area contributed by atoms with Crippen molar-refractivity contribution in [3.05, 3.63) is 82.9 Å². The molecule has 3 aromatic rings. The van der Waals surface area contributed by atoms with Crippen molar-refractivity contribution in [1.82, 2.24) is 9.80 Å². The van der Waals surface area contributed by atoms with Crippen molar-refractivity contribution in [3.63, 3.8) is 0 Å². The number of hydrogen-bond acceptors (Lipinski definition) is 8. The molecule has 4 aliphatic rings. The van der Waals surface area contributed by atoms with E-state index < -0.39 is 12.1 Å². The Morgan fingerprint density at radius 1 is 0.479 bits per heavy atom. The summed E-state index contributed by atoms with van der Waals surface area (Å²) in [5.41, 5.74) is 8.27. The average Bonchev–Trinajstić information content (AvgIpc) is 3.56. The van der Waals surface area contributed by atoms with Gasteiger partial charge < -0.3 is 9.80 Å². The van der Waals surface area contributed by atoms with E-state index in [9.17, 15) is 19.2 Å². The highest BCUT2D eigenvalue weighted by molar-refractivity contribution is 6.24. The van der Waals surface area contributed by atoms with Gasteiger partial charge in [-0.3, -0.25) is 29.0 Å². The summed E-state index contributed by atoms with van der Waals surface area (Å²) in [7, 11) is 0. The second-order valence-electron chi connectivity index (χ2n) is 13.7. The molecule has 3 aromatic carbocycles. The molecule has 48 heavy (non-hydrogen) atoms. The first kappa shape index (κ1) is 32.0. The number of anilines is 4. The Bertz CT molecular complexity index is 1630. The fourth-order valence-electron chi connectivity index (χ4n) is 7.76. The fourth-order valence-corrected chi connectivity index (χ4v) is 7.76. The number of rotatable bonds is 6. The Kier molecular flexibility index (Phi) is 8.55. The van der Waals surface area contributed by atoms with Crippen LogP contribution in [0.1, 0.15) is 35.1 Å². The van der Waals surface area contributed by atoms with Crippen LogP contribution in [0.3, 0.4) is 0 Å². The molecule has 0 radical (unpaired) electrons. The minimum Gasteiger partial charge on any atom is -0.369 e. The largest absolute Gasteiger partial charge is 0.369 e. The number of hydrogen-bond donors (Lipinski definition) is 0. The summed E-state index contributed by atoms with van der Waals surface area (Å²) in [4.78, 5) is 65.0. The quantitative estimate of drug-likeness (QED) is 0.373. The molecule has 0 saturated carbocycles. The summed E-state index contributed by atoms with van der Waals surface area (Å²) in [6.07, 6.45) is 0.289. The van der Waals surface area contributed by atoms with Crippen LogP contribution in [0.25, 0.3) is 0 Å². The summed E-state index contributed by atoms with van der Waals surface area (Å²) in [6, 6.07) is 18.6. The van der Waals surface area contributed by atoms with Gasteiger partial charge in [-0.1, -0.05) is 24.3 Å². The van der Waals surface area contributed by atoms with E-state index in [4.69, 9.17) is 0 Å². The summed E-state index contributed by atoms with van der Waals surface area (Å²) in [6.45, 7) is 14.4. The minimum absolute atomic E-state index is 0.144. The number of piperazine rings is 2. The molecule has 0 bridgehead atoms. The van der Waals surface area contributed by atoms with Gasteiger partial charge >= 0.3 is 0 Å². The zero-order chi connectivity index (χ0) is 33.7. The van der Waals surface area contributed by atoms with Gasteiger partial charge in [0.05, 0.1) is 36.3 Å². The summed E-state index contributed by atoms with van der Waals surface area (Å²) in [5, 5.41) is 0. The van der Waals surface area contributed by atoms with E-state index in [2.05, 4.69) is 83.7 Å². The van der Waals surface area contributed by atoms with Crippen LogP contribution >= 0.6 is 0 Å². The molecular formula is C38H44N6O4. The van der Waals surface area contributed by atoms with Crippen molar-refractivity contribution in [3.8, 4) is 0 Å². The molecule has 4 aliphatic heterocycles. The minimum atomic E-state index is -0.490. The molecule has 0 unspecified atom stereocenters. The lowest BCUT2D eigenvalue weighted by atomic mass is 10.1. The van der Waals surface area contributed by atoms with Gasteiger partial charge in [-0.2, -0.15) is 0 Å². The Labute approximate surface area is 282 Å². The number of carbonyl (C=O) groups is 4. The van der Waals surface area contributed by atoms with Crippen LogP contribution < -0.4 is 19.6 Å². The molecule has 2 atom stereocenters. The van der Waals surface area contributed by atoms with Gasteiger partial charge in [-0.25, -0.2) is 9.80 Å². The van der Waals surface area contributed by atoms with Crippen molar-refractivity contribution in [2.75, 3.05) is 72.0 Å². The number of nitrogens with zero attached hydrogens (tertiary/aromatic N) is 6. The van der Waals surface area contributed by atoms with Crippen LogP contribution in [0.5, 0.6) is 0 Å². The second kappa shape index (κ2) is 12.8. The first-order valence-electron chi connectivity index (χ1n) is 17.0. The predicted molar refractivity (Wildman–Crippen MR) is 188 cm³/mol. The molecule has 4 amide bonds. The van der Waals surface area contributed by atoms with Crippen molar-refractivity contribution < 1.29 is 19.2 Å². The molecule has 0 aliphatic carbocycles. The first-order chi connectivity index (χ1) is 23.1. The van der Waals surface area contributed by atoms with Gasteiger partial charge in [-0.15, -0.1) is 0 Å². The molecule has 4 heterocycles. The highest BCUT2D eigenvalue weighted by Gasteiger charge is 2.45. The zero-order valence-corrected chi connectivity index (χ0v) is 28.3. The normalized spacial score (nSPS) is 22.8. The lowest BCUT2D eigenvalue weighted by Crippen LogP contribution is -2.52. The molecule has 0 aromatic heterocycles. The van der Waals surface area contributed by atoms with Gasteiger partial charge in [-0.05, 0) is 86.3 Å². The van der Waals surface area contributed by atoms with Crippen molar-refractivity contribution in [2.45, 2.75) is 52.6 Å². The Morgan fingerprint density at radius 3 is 1.19 bits per heavy atom. The van der Waals surface area contributed by atoms with Gasteiger partial charge in [0.25, 0.3) is 11.8 Å². The lowest BCUT2D eigenvalue weighted by molar-refractivity contribution is -0.124. The van der Waals surface area contributed by atoms with Crippen molar-refractivity contribution >= 4 is 46.4 Å². The molecule has 4 saturated heterocycles. The molecule has 10 heteroatoms. The highest BCUT2D eigenvalue weighted by Crippen LogP contribution is 2.32. The van der Waals surface area contributed by atoms with Gasteiger partial charge in [0.1, 0.15) is 0 Å². The zero-order valence-electron chi connectivity index (χ0n) is 28.3. The maximum atomic E-state index is 13.6. The Morgan fingerprint density at radius 2 is 0.833 bits per heavy atom. The smallest absolute Gasteiger partial charge is 0.251 e. The van der Waals surface area contributed by atoms with Crippen LogP contribution in [0.15, 0.2) is 60.7 Å². The van der Waals surface area contributed by atoms with Crippen molar-refractivity contribution in [1.29, 1.82) is 0 Å². The van der Waals surface area contributed by atoms with Gasteiger partial charge in [0, 0.05) is 63.7 Å². The Balaban J connectivity index is 0.972. The highest BCUT2D eigenvalue weighted by atomic mass is 16.2. The van der Waals surface area contributed by atoms with Gasteiger partial charge in [0.2, 0.25) is 11.8 Å². The van der Waals surface area contributed by atoms with E-state index in [1.54, 1.807) is 24.3 Å². The van der Waals surface area contributed by atoms with Crippen LogP contribution in [-0.4, -0.2) is 97.9 Å². The topological polar surface area (TPSA) is 87.7 Å². The molecule has 0 N–H and O–H groups in total. The number of imide groups is 2. The molecule has 0 spiro atoms. The Hall–Kier alpha value is -4.54. The lowest BCUT2D eigenvalue weighted by Gasteiger charge is -2.38. The number of amides is 4. The predicted octanol–water partition coefficient (Wildman–Crippen LogP) is 3.83. The average molecular weight is 649 g/mol. The molecule has 10 nitrogen and oxygen atoms in total. The molecule has 250 valence electrons. The van der Waals surface area contributed by atoms with E-state index in [0.29, 0.717) is 37.6 Å². The SMILES string of the molecule is Cc1ccc(C)c(N2CCN([C@@H]3CC(=O)N(c4ccc(N5C(=O)C[C@H](N6CCN(c7cc(C)ccc7C)CC6)C5=O)cc4)C3=O)CC2)c1. The number of benzene rings is 3. The maximum absolute atomic E-state index is 13.6. The second-order valence-corrected chi connectivity index (χ2v) is 13.7. The monoisotopic (exact) mass is 648 g/mol. The summed E-state index contributed by atoms with van der Waals surface area (Å²) in [5.74, 6) is -0.908. The third kappa shape index (κ3) is 5.88. The summed E-state index contributed by atoms with van der Waals surface area (Å²) < 4.78 is 0.